The molecule has 0 radical (unpaired) electrons. The van der Waals surface area contributed by atoms with Gasteiger partial charge in [-0.3, -0.25) is 0 Å². The molecule has 0 bridgehead atoms. The molecule has 0 saturated heterocycles. The van der Waals surface area contributed by atoms with Crippen molar-refractivity contribution in [2.45, 2.75) is 6.42 Å². The van der Waals surface area contributed by atoms with E-state index in [0.29, 0.717) is 18.7 Å². The van der Waals surface area contributed by atoms with E-state index in [2.05, 4.69) is 6.07 Å². The Morgan fingerprint density at radius 3 is 2.05 bits per heavy atom. The van der Waals surface area contributed by atoms with Gasteiger partial charge in [0, 0.05) is 0 Å². The Morgan fingerprint density at radius 2 is 1.53 bits per heavy atom. The third-order valence-corrected chi connectivity index (χ3v) is 2.82. The normalized spacial score (nSPS) is 9.89. The minimum atomic E-state index is 0.642. The summed E-state index contributed by atoms with van der Waals surface area (Å²) in [5.41, 5.74) is 8.28. The summed E-state index contributed by atoms with van der Waals surface area (Å²) in [6.07, 6.45) is 0.859. The van der Waals surface area contributed by atoms with Crippen LogP contribution in [0.5, 0.6) is 5.75 Å². The number of ether oxygens (including phenoxy) is 1. The lowest BCUT2D eigenvalue weighted by Gasteiger charge is -2.06. The van der Waals surface area contributed by atoms with Gasteiger partial charge in [0.25, 0.3) is 0 Å². The summed E-state index contributed by atoms with van der Waals surface area (Å²) in [6.45, 7) is 1.29. The van der Waals surface area contributed by atoms with Crippen LogP contribution < -0.4 is 10.5 Å². The highest BCUT2D eigenvalue weighted by atomic mass is 16.5. The third-order valence-electron chi connectivity index (χ3n) is 2.82. The lowest BCUT2D eigenvalue weighted by molar-refractivity contribution is 0.313. The number of benzene rings is 2. The minimum Gasteiger partial charge on any atom is -0.494 e. The first-order valence-corrected chi connectivity index (χ1v) is 6.27. The molecule has 0 aliphatic carbocycles. The van der Waals surface area contributed by atoms with E-state index < -0.39 is 0 Å². The van der Waals surface area contributed by atoms with E-state index >= 15 is 0 Å². The van der Waals surface area contributed by atoms with Gasteiger partial charge in [-0.05, 0) is 48.4 Å². The topological polar surface area (TPSA) is 59.0 Å². The molecule has 0 aromatic heterocycles. The van der Waals surface area contributed by atoms with Crippen LogP contribution in [0.25, 0.3) is 11.1 Å². The second-order valence-corrected chi connectivity index (χ2v) is 4.20. The van der Waals surface area contributed by atoms with Gasteiger partial charge in [-0.15, -0.1) is 0 Å². The molecule has 0 spiro atoms. The van der Waals surface area contributed by atoms with Crippen LogP contribution in [0.3, 0.4) is 0 Å². The number of rotatable bonds is 5. The summed E-state index contributed by atoms with van der Waals surface area (Å²) in [7, 11) is 0. The fraction of sp³-hybridized carbons (Fsp3) is 0.188. The first-order chi connectivity index (χ1) is 9.33. The van der Waals surface area contributed by atoms with Crippen LogP contribution in [0.4, 0.5) is 0 Å². The van der Waals surface area contributed by atoms with Crippen molar-refractivity contribution < 1.29 is 4.74 Å². The first kappa shape index (κ1) is 13.1. The van der Waals surface area contributed by atoms with Gasteiger partial charge in [0.2, 0.25) is 0 Å². The molecule has 0 saturated carbocycles. The molecule has 0 aliphatic rings. The Hall–Kier alpha value is -2.31. The molecule has 2 aromatic rings. The fourth-order valence-corrected chi connectivity index (χ4v) is 1.75. The van der Waals surface area contributed by atoms with Crippen LogP contribution in [0, 0.1) is 11.3 Å². The Morgan fingerprint density at radius 1 is 0.947 bits per heavy atom. The van der Waals surface area contributed by atoms with E-state index in [1.165, 1.54) is 0 Å². The van der Waals surface area contributed by atoms with Gasteiger partial charge in [-0.2, -0.15) is 5.26 Å². The third kappa shape index (κ3) is 3.57. The van der Waals surface area contributed by atoms with Crippen LogP contribution in [-0.2, 0) is 0 Å². The summed E-state index contributed by atoms with van der Waals surface area (Å²) in [4.78, 5) is 0. The second-order valence-electron chi connectivity index (χ2n) is 4.20. The van der Waals surface area contributed by atoms with Crippen LogP contribution in [0.15, 0.2) is 48.5 Å². The van der Waals surface area contributed by atoms with Crippen molar-refractivity contribution in [2.75, 3.05) is 13.2 Å². The Bertz CT molecular complexity index is 553. The zero-order valence-electron chi connectivity index (χ0n) is 10.7. The highest BCUT2D eigenvalue weighted by molar-refractivity contribution is 5.64. The van der Waals surface area contributed by atoms with Crippen LogP contribution in [-0.4, -0.2) is 13.2 Å². The van der Waals surface area contributed by atoms with Crippen LogP contribution >= 0.6 is 0 Å². The molecule has 3 nitrogen and oxygen atoms in total. The summed E-state index contributed by atoms with van der Waals surface area (Å²) in [5.74, 6) is 0.853. The number of hydrogen-bond donors (Lipinski definition) is 1. The Balaban J connectivity index is 2.07. The summed E-state index contributed by atoms with van der Waals surface area (Å²) in [6, 6.07) is 17.6. The second kappa shape index (κ2) is 6.58. The molecule has 2 N–H and O–H groups in total. The summed E-state index contributed by atoms with van der Waals surface area (Å²) < 4.78 is 5.55. The average molecular weight is 252 g/mol. The molecule has 0 amide bonds. The van der Waals surface area contributed by atoms with E-state index in [1.807, 2.05) is 48.5 Å². The zero-order valence-corrected chi connectivity index (χ0v) is 10.7. The standard InChI is InChI=1S/C16H16N2O/c17-10-1-11-19-16-8-6-15(7-9-16)14-4-2-13(12-18)3-5-14/h2-9H,1,10-11,17H2. The van der Waals surface area contributed by atoms with Crippen molar-refractivity contribution in [2.24, 2.45) is 5.73 Å². The molecule has 0 aliphatic heterocycles. The monoisotopic (exact) mass is 252 g/mol. The molecule has 2 rings (SSSR count). The van der Waals surface area contributed by atoms with Gasteiger partial charge in [-0.25, -0.2) is 0 Å². The molecular formula is C16H16N2O. The molecule has 0 unspecified atom stereocenters. The highest BCUT2D eigenvalue weighted by Crippen LogP contribution is 2.22. The quantitative estimate of drug-likeness (QED) is 0.832. The maximum Gasteiger partial charge on any atom is 0.119 e. The lowest BCUT2D eigenvalue weighted by atomic mass is 10.0. The van der Waals surface area contributed by atoms with Crippen molar-refractivity contribution in [3.63, 3.8) is 0 Å². The number of nitriles is 1. The highest BCUT2D eigenvalue weighted by Gasteiger charge is 1.99. The summed E-state index contributed by atoms with van der Waals surface area (Å²) >= 11 is 0. The SMILES string of the molecule is N#Cc1ccc(-c2ccc(OCCCN)cc2)cc1. The molecule has 0 heterocycles. The van der Waals surface area contributed by atoms with Gasteiger partial charge in [0.1, 0.15) is 5.75 Å². The van der Waals surface area contributed by atoms with E-state index in [0.717, 1.165) is 23.3 Å². The zero-order chi connectivity index (χ0) is 13.5. The predicted octanol–water partition coefficient (Wildman–Crippen LogP) is 2.95. The first-order valence-electron chi connectivity index (χ1n) is 6.27. The molecule has 0 fully saturated rings. The Kier molecular flexibility index (Phi) is 4.54. The van der Waals surface area contributed by atoms with Crippen molar-refractivity contribution in [3.8, 4) is 22.9 Å². The van der Waals surface area contributed by atoms with Crippen LogP contribution in [0.2, 0.25) is 0 Å². The minimum absolute atomic E-state index is 0.642. The maximum absolute atomic E-state index is 8.76. The largest absolute Gasteiger partial charge is 0.494 e. The average Bonchev–Trinajstić information content (AvgIpc) is 2.48. The predicted molar refractivity (Wildman–Crippen MR) is 75.8 cm³/mol. The van der Waals surface area contributed by atoms with E-state index in [9.17, 15) is 0 Å². The number of nitrogens with two attached hydrogens (primary N) is 1. The van der Waals surface area contributed by atoms with Gasteiger partial charge in [0.05, 0.1) is 18.2 Å². The van der Waals surface area contributed by atoms with E-state index in [-0.39, 0.29) is 0 Å². The van der Waals surface area contributed by atoms with E-state index in [1.54, 1.807) is 0 Å². The van der Waals surface area contributed by atoms with Gasteiger partial charge in [0.15, 0.2) is 0 Å². The maximum atomic E-state index is 8.76. The van der Waals surface area contributed by atoms with Crippen molar-refractivity contribution in [3.05, 3.63) is 54.1 Å². The lowest BCUT2D eigenvalue weighted by Crippen LogP contribution is -2.05. The van der Waals surface area contributed by atoms with E-state index in [4.69, 9.17) is 15.7 Å². The fourth-order valence-electron chi connectivity index (χ4n) is 1.75. The molecule has 96 valence electrons. The molecule has 2 aromatic carbocycles. The van der Waals surface area contributed by atoms with Crippen molar-refractivity contribution in [1.29, 1.82) is 5.26 Å². The number of hydrogen-bond acceptors (Lipinski definition) is 3. The van der Waals surface area contributed by atoms with Gasteiger partial charge < -0.3 is 10.5 Å². The van der Waals surface area contributed by atoms with Gasteiger partial charge >= 0.3 is 0 Å². The molecule has 3 heteroatoms. The Labute approximate surface area is 113 Å². The van der Waals surface area contributed by atoms with Gasteiger partial charge in [-0.1, -0.05) is 24.3 Å². The molecule has 19 heavy (non-hydrogen) atoms. The van der Waals surface area contributed by atoms with Crippen molar-refractivity contribution in [1.82, 2.24) is 0 Å². The molecular weight excluding hydrogens is 236 g/mol. The summed E-state index contributed by atoms with van der Waals surface area (Å²) in [5, 5.41) is 8.76. The smallest absolute Gasteiger partial charge is 0.119 e. The van der Waals surface area contributed by atoms with Crippen molar-refractivity contribution >= 4 is 0 Å². The van der Waals surface area contributed by atoms with Crippen LogP contribution in [0.1, 0.15) is 12.0 Å². The number of nitrogens with zero attached hydrogens (tertiary/aromatic N) is 1. The molecule has 0 atom stereocenters.